The summed E-state index contributed by atoms with van der Waals surface area (Å²) in [6.07, 6.45) is 0. The molecule has 2 rings (SSSR count). The van der Waals surface area contributed by atoms with Gasteiger partial charge in [-0.1, -0.05) is 28.7 Å². The van der Waals surface area contributed by atoms with E-state index in [4.69, 9.17) is 13.1 Å². The van der Waals surface area contributed by atoms with Gasteiger partial charge in [-0.25, -0.2) is 5.26 Å². The van der Waals surface area contributed by atoms with Crippen molar-refractivity contribution < 1.29 is 19.7 Å². The average Bonchev–Trinajstić information content (AvgIpc) is 2.40. The molecular weight excluding hydrogens is 267 g/mol. The van der Waals surface area contributed by atoms with E-state index in [2.05, 4.69) is 19.6 Å². The number of rotatable bonds is 4. The molecule has 0 saturated carbocycles. The van der Waals surface area contributed by atoms with Crippen LogP contribution in [0.1, 0.15) is 0 Å². The third-order valence-electron chi connectivity index (χ3n) is 2.43. The van der Waals surface area contributed by atoms with Gasteiger partial charge >= 0.3 is 0 Å². The highest BCUT2D eigenvalue weighted by molar-refractivity contribution is 7.94. The number of hydrogen-bond acceptors (Lipinski definition) is 7. The van der Waals surface area contributed by atoms with E-state index in [1.54, 1.807) is 24.3 Å². The number of aromatic hydroxyl groups is 1. The van der Waals surface area contributed by atoms with Crippen molar-refractivity contribution in [1.29, 1.82) is 0 Å². The van der Waals surface area contributed by atoms with Crippen LogP contribution >= 0.6 is 12.0 Å². The minimum atomic E-state index is -0.0489. The van der Waals surface area contributed by atoms with E-state index >= 15 is 0 Å². The largest absolute Gasteiger partial charge is 0.505 e. The molecule has 6 nitrogen and oxygen atoms in total. The van der Waals surface area contributed by atoms with Crippen LogP contribution < -0.4 is 5.46 Å². The second-order valence-electron chi connectivity index (χ2n) is 3.58. The van der Waals surface area contributed by atoms with Gasteiger partial charge in [-0.3, -0.25) is 0 Å². The maximum Gasteiger partial charge on any atom is 0.152 e. The normalized spacial score (nSPS) is 11.5. The molecule has 0 atom stereocenters. The Labute approximate surface area is 114 Å². The summed E-state index contributed by atoms with van der Waals surface area (Å²) >= 11 is 0.695. The first-order valence-electron chi connectivity index (χ1n) is 5.17. The van der Waals surface area contributed by atoms with E-state index in [1.165, 1.54) is 7.05 Å². The van der Waals surface area contributed by atoms with Crippen LogP contribution in [0.25, 0.3) is 10.8 Å². The van der Waals surface area contributed by atoms with E-state index in [-0.39, 0.29) is 11.4 Å². The zero-order valence-corrected chi connectivity index (χ0v) is 10.7. The maximum atomic E-state index is 10.2. The average molecular weight is 276 g/mol. The molecule has 0 spiro atoms. The molecule has 0 aromatic heterocycles. The molecule has 2 N–H and O–H groups in total. The fourth-order valence-electron chi connectivity index (χ4n) is 1.68. The van der Waals surface area contributed by atoms with Gasteiger partial charge < -0.3 is 5.11 Å². The first-order chi connectivity index (χ1) is 9.17. The summed E-state index contributed by atoms with van der Waals surface area (Å²) in [5.41, 5.74) is 0.786. The van der Waals surface area contributed by atoms with E-state index in [0.29, 0.717) is 33.2 Å². The molecule has 2 aromatic carbocycles. The highest BCUT2D eigenvalue weighted by Gasteiger charge is 2.14. The second kappa shape index (κ2) is 6.03. The van der Waals surface area contributed by atoms with Crippen LogP contribution in [0.15, 0.2) is 39.4 Å². The Hall–Kier alpha value is -1.61. The Kier molecular flexibility index (Phi) is 4.38. The van der Waals surface area contributed by atoms with Crippen molar-refractivity contribution in [3.63, 3.8) is 0 Å². The number of hydrogen-bond donors (Lipinski definition) is 2. The van der Waals surface area contributed by atoms with E-state index in [0.717, 1.165) is 0 Å². The lowest BCUT2D eigenvalue weighted by molar-refractivity contribution is -0.432. The van der Waals surface area contributed by atoms with Crippen molar-refractivity contribution >= 4 is 41.8 Å². The van der Waals surface area contributed by atoms with Crippen molar-refractivity contribution in [2.24, 2.45) is 10.2 Å². The molecular formula is C11H9BN2O4S. The quantitative estimate of drug-likeness (QED) is 0.294. The predicted octanol–water partition coefficient (Wildman–Crippen LogP) is 2.48. The molecule has 2 aromatic rings. The molecule has 0 unspecified atom stereocenters. The summed E-state index contributed by atoms with van der Waals surface area (Å²) in [6.45, 7) is 0. The summed E-state index contributed by atoms with van der Waals surface area (Å²) in [7, 11) is 7.17. The predicted molar refractivity (Wildman–Crippen MR) is 72.1 cm³/mol. The van der Waals surface area contributed by atoms with Crippen LogP contribution in [0.3, 0.4) is 0 Å². The molecule has 0 aliphatic heterocycles. The van der Waals surface area contributed by atoms with Gasteiger partial charge in [0.2, 0.25) is 0 Å². The fourth-order valence-corrected chi connectivity index (χ4v) is 2.18. The van der Waals surface area contributed by atoms with Gasteiger partial charge in [-0.05, 0) is 11.5 Å². The molecule has 0 saturated heterocycles. The van der Waals surface area contributed by atoms with Crippen molar-refractivity contribution in [2.75, 3.05) is 7.05 Å². The second-order valence-corrected chi connectivity index (χ2v) is 4.32. The topological polar surface area (TPSA) is 83.6 Å². The van der Waals surface area contributed by atoms with Gasteiger partial charge in [0.25, 0.3) is 0 Å². The van der Waals surface area contributed by atoms with Gasteiger partial charge in [0.15, 0.2) is 5.75 Å². The van der Waals surface area contributed by atoms with Crippen molar-refractivity contribution in [2.45, 2.75) is 4.90 Å². The summed E-state index contributed by atoms with van der Waals surface area (Å²) in [5.74, 6) is -0.0489. The van der Waals surface area contributed by atoms with Crippen LogP contribution in [0, 0.1) is 0 Å². The Bertz CT molecular complexity index is 636. The number of fused-ring (bicyclic) bond motifs is 1. The first kappa shape index (κ1) is 13.8. The third-order valence-corrected chi connectivity index (χ3v) is 3.05. The summed E-state index contributed by atoms with van der Waals surface area (Å²) in [4.78, 5) is 0.426. The molecule has 2 radical (unpaired) electrons. The highest BCUT2D eigenvalue weighted by Crippen LogP contribution is 2.43. The number of benzene rings is 2. The van der Waals surface area contributed by atoms with Gasteiger partial charge in [0.1, 0.15) is 13.5 Å². The molecule has 0 amide bonds. The minimum absolute atomic E-state index is 0.0489. The van der Waals surface area contributed by atoms with E-state index < -0.39 is 0 Å². The van der Waals surface area contributed by atoms with Crippen molar-refractivity contribution in [3.05, 3.63) is 24.3 Å². The molecule has 19 heavy (non-hydrogen) atoms. The summed E-state index contributed by atoms with van der Waals surface area (Å²) in [6, 6.07) is 6.76. The van der Waals surface area contributed by atoms with E-state index in [9.17, 15) is 5.11 Å². The Morgan fingerprint density at radius 2 is 2.11 bits per heavy atom. The Morgan fingerprint density at radius 3 is 2.79 bits per heavy atom. The summed E-state index contributed by atoms with van der Waals surface area (Å²) in [5, 5.41) is 30.7. The number of azo groups is 1. The molecule has 0 aliphatic carbocycles. The minimum Gasteiger partial charge on any atom is -0.505 e. The Morgan fingerprint density at radius 1 is 1.32 bits per heavy atom. The molecule has 8 heteroatoms. The standard InChI is InChI=1S/C11H9BN2O4S/c1-13-14-10-9(19-18-17-16)5-6-4-7(12)2-3-8(6)11(10)15/h2-5,15-16H,1H3. The lowest BCUT2D eigenvalue weighted by atomic mass is 9.93. The van der Waals surface area contributed by atoms with Gasteiger partial charge in [-0.2, -0.15) is 10.2 Å². The van der Waals surface area contributed by atoms with Crippen LogP contribution in [-0.4, -0.2) is 25.3 Å². The molecule has 0 heterocycles. The lowest BCUT2D eigenvalue weighted by Gasteiger charge is -2.09. The fraction of sp³-hybridized carbons (Fsp3) is 0.0909. The zero-order valence-electron chi connectivity index (χ0n) is 9.90. The van der Waals surface area contributed by atoms with E-state index in [1.807, 2.05) is 0 Å². The van der Waals surface area contributed by atoms with Crippen molar-refractivity contribution in [1.82, 2.24) is 0 Å². The van der Waals surface area contributed by atoms with Gasteiger partial charge in [0, 0.05) is 12.4 Å². The molecule has 0 fully saturated rings. The number of phenolic OH excluding ortho intramolecular Hbond substituents is 1. The first-order valence-corrected chi connectivity index (χ1v) is 5.91. The van der Waals surface area contributed by atoms with Gasteiger partial charge in [0.05, 0.1) is 16.9 Å². The van der Waals surface area contributed by atoms with Crippen molar-refractivity contribution in [3.8, 4) is 5.75 Å². The SMILES string of the molecule is [B]c1ccc2c(O)c(N=NC)c(SOOO)cc2c1. The van der Waals surface area contributed by atoms with Crippen LogP contribution in [-0.2, 0) is 9.37 Å². The van der Waals surface area contributed by atoms with Crippen LogP contribution in [0.5, 0.6) is 5.75 Å². The highest BCUT2D eigenvalue weighted by atomic mass is 32.2. The Balaban J connectivity index is 2.66. The molecule has 0 bridgehead atoms. The monoisotopic (exact) mass is 276 g/mol. The van der Waals surface area contributed by atoms with Crippen LogP contribution in [0.2, 0.25) is 0 Å². The molecule has 96 valence electrons. The third kappa shape index (κ3) is 2.87. The summed E-state index contributed by atoms with van der Waals surface area (Å²) < 4.78 is 4.37. The van der Waals surface area contributed by atoms with Gasteiger partial charge in [-0.15, -0.1) is 4.33 Å². The number of phenols is 1. The number of nitrogens with zero attached hydrogens (tertiary/aromatic N) is 2. The maximum absolute atomic E-state index is 10.2. The zero-order chi connectivity index (χ0) is 13.8. The smallest absolute Gasteiger partial charge is 0.152 e. The van der Waals surface area contributed by atoms with Crippen LogP contribution in [0.4, 0.5) is 5.69 Å². The molecule has 0 aliphatic rings. The lowest BCUT2D eigenvalue weighted by Crippen LogP contribution is -1.99.